The van der Waals surface area contributed by atoms with Gasteiger partial charge in [-0.1, -0.05) is 30.3 Å². The van der Waals surface area contributed by atoms with Crippen molar-refractivity contribution < 1.29 is 5.11 Å². The van der Waals surface area contributed by atoms with Gasteiger partial charge in [0, 0.05) is 25.3 Å². The smallest absolute Gasteiger partial charge is 0.0965 e. The van der Waals surface area contributed by atoms with Crippen LogP contribution in [0.1, 0.15) is 60.1 Å². The molecule has 3 heteroatoms. The van der Waals surface area contributed by atoms with Crippen LogP contribution in [0, 0.1) is 18.8 Å². The van der Waals surface area contributed by atoms with Crippen LogP contribution in [0.5, 0.6) is 0 Å². The number of likely N-dealkylation sites (tertiary alicyclic amines) is 1. The van der Waals surface area contributed by atoms with Crippen LogP contribution in [0.15, 0.2) is 42.6 Å². The molecule has 2 unspecified atom stereocenters. The van der Waals surface area contributed by atoms with Gasteiger partial charge in [-0.3, -0.25) is 9.88 Å². The summed E-state index contributed by atoms with van der Waals surface area (Å²) in [6.07, 6.45) is 7.17. The molecule has 5 rings (SSSR count). The second kappa shape index (κ2) is 7.03. The summed E-state index contributed by atoms with van der Waals surface area (Å²) in [6, 6.07) is 13.8. The maximum atomic E-state index is 10.7. The molecular weight excluding hydrogens is 332 g/mol. The van der Waals surface area contributed by atoms with Gasteiger partial charge in [0.25, 0.3) is 0 Å². The fraction of sp³-hybridized carbons (Fsp3) is 0.542. The van der Waals surface area contributed by atoms with Gasteiger partial charge in [-0.15, -0.1) is 0 Å². The molecule has 0 amide bonds. The van der Waals surface area contributed by atoms with Gasteiger partial charge in [0.2, 0.25) is 0 Å². The number of pyridine rings is 1. The van der Waals surface area contributed by atoms with Crippen molar-refractivity contribution in [2.45, 2.75) is 57.1 Å². The fourth-order valence-electron chi connectivity index (χ4n) is 6.02. The standard InChI is InChI=1S/C24H30N2O/c1-16-5-2-3-7-21(16)22-13-20-12-19(22)15-26(20)14-17-8-9-18-6-4-10-25-24(18)23(27)11-17/h2-7,10,17,19-20,22-23,27H,8-9,11-15H2,1H3/t17-,19?,20?,22-,23+/m1/s1. The van der Waals surface area contributed by atoms with Crippen molar-refractivity contribution in [1.29, 1.82) is 0 Å². The number of nitrogens with zero attached hydrogens (tertiary/aromatic N) is 2. The van der Waals surface area contributed by atoms with Gasteiger partial charge in [-0.25, -0.2) is 0 Å². The summed E-state index contributed by atoms with van der Waals surface area (Å²) in [6.45, 7) is 4.64. The number of benzene rings is 1. The lowest BCUT2D eigenvalue weighted by atomic mass is 9.85. The van der Waals surface area contributed by atoms with Crippen molar-refractivity contribution in [3.63, 3.8) is 0 Å². The highest BCUT2D eigenvalue weighted by atomic mass is 16.3. The Morgan fingerprint density at radius 1 is 1.11 bits per heavy atom. The maximum absolute atomic E-state index is 10.7. The highest BCUT2D eigenvalue weighted by Gasteiger charge is 2.45. The van der Waals surface area contributed by atoms with Crippen LogP contribution in [-0.4, -0.2) is 34.1 Å². The van der Waals surface area contributed by atoms with Gasteiger partial charge in [-0.05, 0) is 79.5 Å². The van der Waals surface area contributed by atoms with E-state index in [1.165, 1.54) is 36.9 Å². The van der Waals surface area contributed by atoms with Gasteiger partial charge in [0.15, 0.2) is 0 Å². The van der Waals surface area contributed by atoms with E-state index < -0.39 is 6.10 Å². The number of aliphatic hydroxyl groups is 1. The number of aryl methyl sites for hydroxylation is 2. The molecule has 1 saturated heterocycles. The van der Waals surface area contributed by atoms with Crippen molar-refractivity contribution >= 4 is 0 Å². The molecular formula is C24H30N2O. The molecule has 5 atom stereocenters. The Morgan fingerprint density at radius 2 is 2.00 bits per heavy atom. The SMILES string of the molecule is Cc1ccccc1[C@@H]1CC2CC1CN2C[C@@H]1CCc2cccnc2[C@@H](O)C1. The minimum Gasteiger partial charge on any atom is -0.387 e. The summed E-state index contributed by atoms with van der Waals surface area (Å²) in [5.41, 5.74) is 5.20. The first-order valence-electron chi connectivity index (χ1n) is 10.6. The van der Waals surface area contributed by atoms with Gasteiger partial charge in [0.05, 0.1) is 11.8 Å². The zero-order valence-corrected chi connectivity index (χ0v) is 16.2. The molecule has 2 heterocycles. The van der Waals surface area contributed by atoms with Gasteiger partial charge >= 0.3 is 0 Å². The lowest BCUT2D eigenvalue weighted by Gasteiger charge is -2.34. The molecule has 142 valence electrons. The first-order valence-corrected chi connectivity index (χ1v) is 10.6. The molecule has 0 spiro atoms. The van der Waals surface area contributed by atoms with E-state index in [0.717, 1.165) is 43.0 Å². The summed E-state index contributed by atoms with van der Waals surface area (Å²) in [5.74, 6) is 2.14. The number of hydrogen-bond acceptors (Lipinski definition) is 3. The molecule has 2 aliphatic carbocycles. The Kier molecular flexibility index (Phi) is 4.53. The van der Waals surface area contributed by atoms with E-state index in [9.17, 15) is 5.11 Å². The molecule has 3 aliphatic rings. The van der Waals surface area contributed by atoms with Gasteiger partial charge in [0.1, 0.15) is 0 Å². The second-order valence-electron chi connectivity index (χ2n) is 9.01. The predicted octanol–water partition coefficient (Wildman–Crippen LogP) is 4.25. The quantitative estimate of drug-likeness (QED) is 0.829. The third-order valence-electron chi connectivity index (χ3n) is 7.36. The fourth-order valence-corrected chi connectivity index (χ4v) is 6.02. The molecule has 0 radical (unpaired) electrons. The molecule has 1 aromatic carbocycles. The number of piperidine rings is 1. The number of rotatable bonds is 3. The Hall–Kier alpha value is -1.71. The van der Waals surface area contributed by atoms with E-state index in [0.29, 0.717) is 5.92 Å². The van der Waals surface area contributed by atoms with Crippen LogP contribution >= 0.6 is 0 Å². The Balaban J connectivity index is 1.24. The Labute approximate surface area is 162 Å². The summed E-state index contributed by atoms with van der Waals surface area (Å²) in [4.78, 5) is 7.19. The number of hydrogen-bond donors (Lipinski definition) is 1. The highest BCUT2D eigenvalue weighted by Crippen LogP contribution is 2.48. The molecule has 27 heavy (non-hydrogen) atoms. The van der Waals surface area contributed by atoms with Crippen molar-refractivity contribution in [1.82, 2.24) is 9.88 Å². The first kappa shape index (κ1) is 17.4. The lowest BCUT2D eigenvalue weighted by molar-refractivity contribution is 0.110. The van der Waals surface area contributed by atoms with Crippen LogP contribution in [0.2, 0.25) is 0 Å². The molecule has 1 saturated carbocycles. The summed E-state index contributed by atoms with van der Waals surface area (Å²) >= 11 is 0. The van der Waals surface area contributed by atoms with E-state index in [1.807, 2.05) is 12.3 Å². The average molecular weight is 363 g/mol. The summed E-state index contributed by atoms with van der Waals surface area (Å²) < 4.78 is 0. The predicted molar refractivity (Wildman–Crippen MR) is 108 cm³/mol. The molecule has 1 aromatic heterocycles. The van der Waals surface area contributed by atoms with Gasteiger partial charge in [-0.2, -0.15) is 0 Å². The molecule has 1 N–H and O–H groups in total. The third kappa shape index (κ3) is 3.21. The van der Waals surface area contributed by atoms with E-state index >= 15 is 0 Å². The van der Waals surface area contributed by atoms with Crippen LogP contribution in [0.4, 0.5) is 0 Å². The number of aliphatic hydroxyl groups excluding tert-OH is 1. The van der Waals surface area contributed by atoms with Crippen molar-refractivity contribution in [3.8, 4) is 0 Å². The van der Waals surface area contributed by atoms with Crippen LogP contribution in [0.25, 0.3) is 0 Å². The van der Waals surface area contributed by atoms with Crippen LogP contribution in [-0.2, 0) is 6.42 Å². The van der Waals surface area contributed by atoms with Crippen molar-refractivity contribution in [2.75, 3.05) is 13.1 Å². The summed E-state index contributed by atoms with van der Waals surface area (Å²) in [5, 5.41) is 10.7. The molecule has 3 nitrogen and oxygen atoms in total. The van der Waals surface area contributed by atoms with Crippen LogP contribution < -0.4 is 0 Å². The van der Waals surface area contributed by atoms with E-state index in [2.05, 4.69) is 47.1 Å². The topological polar surface area (TPSA) is 36.4 Å². The van der Waals surface area contributed by atoms with Gasteiger partial charge < -0.3 is 5.11 Å². The zero-order chi connectivity index (χ0) is 18.4. The third-order valence-corrected chi connectivity index (χ3v) is 7.36. The van der Waals surface area contributed by atoms with Crippen molar-refractivity contribution in [2.24, 2.45) is 11.8 Å². The highest BCUT2D eigenvalue weighted by molar-refractivity contribution is 5.32. The Bertz CT molecular complexity index is 820. The largest absolute Gasteiger partial charge is 0.387 e. The molecule has 2 bridgehead atoms. The van der Waals surface area contributed by atoms with E-state index in [-0.39, 0.29) is 0 Å². The maximum Gasteiger partial charge on any atom is 0.0965 e. The molecule has 1 aliphatic heterocycles. The monoisotopic (exact) mass is 362 g/mol. The molecule has 2 aromatic rings. The van der Waals surface area contributed by atoms with E-state index in [1.54, 1.807) is 5.56 Å². The molecule has 2 fully saturated rings. The average Bonchev–Trinajstić information content (AvgIpc) is 3.22. The first-order chi connectivity index (χ1) is 13.2. The van der Waals surface area contributed by atoms with Crippen molar-refractivity contribution in [3.05, 3.63) is 65.0 Å². The number of aromatic nitrogens is 1. The minimum atomic E-state index is -0.395. The second-order valence-corrected chi connectivity index (χ2v) is 9.01. The van der Waals surface area contributed by atoms with E-state index in [4.69, 9.17) is 0 Å². The zero-order valence-electron chi connectivity index (χ0n) is 16.2. The lowest BCUT2D eigenvalue weighted by Crippen LogP contribution is -2.38. The number of fused-ring (bicyclic) bond motifs is 3. The van der Waals surface area contributed by atoms with Crippen LogP contribution in [0.3, 0.4) is 0 Å². The minimum absolute atomic E-state index is 0.395. The normalized spacial score (nSPS) is 33.0. The summed E-state index contributed by atoms with van der Waals surface area (Å²) in [7, 11) is 0. The Morgan fingerprint density at radius 3 is 2.81 bits per heavy atom.